The van der Waals surface area contributed by atoms with E-state index in [1.807, 2.05) is 54.6 Å². The van der Waals surface area contributed by atoms with Crippen LogP contribution in [0, 0.1) is 0 Å². The number of aromatic nitrogens is 1. The Morgan fingerprint density at radius 3 is 2.73 bits per heavy atom. The largest absolute Gasteiger partial charge is 0.488 e. The molecule has 0 aliphatic heterocycles. The second-order valence-electron chi connectivity index (χ2n) is 5.46. The molecule has 3 aromatic rings. The van der Waals surface area contributed by atoms with Crippen LogP contribution in [0.15, 0.2) is 65.1 Å². The van der Waals surface area contributed by atoms with Crippen LogP contribution in [0.1, 0.15) is 16.8 Å². The molecular weight excluding hydrogens is 348 g/mol. The fourth-order valence-electron chi connectivity index (χ4n) is 2.24. The van der Waals surface area contributed by atoms with Crippen molar-refractivity contribution in [2.45, 2.75) is 13.0 Å². The van der Waals surface area contributed by atoms with E-state index in [2.05, 4.69) is 15.5 Å². The second-order valence-corrected chi connectivity index (χ2v) is 6.35. The summed E-state index contributed by atoms with van der Waals surface area (Å²) in [5.74, 6) is 0.441. The van der Waals surface area contributed by atoms with Crippen molar-refractivity contribution in [1.82, 2.24) is 10.4 Å². The summed E-state index contributed by atoms with van der Waals surface area (Å²) in [5.41, 5.74) is 10.5. The highest BCUT2D eigenvalue weighted by Gasteiger charge is 2.06. The molecule has 0 unspecified atom stereocenters. The van der Waals surface area contributed by atoms with Crippen LogP contribution in [0.5, 0.6) is 5.75 Å². The number of nitrogens with zero attached hydrogens (tertiary/aromatic N) is 2. The summed E-state index contributed by atoms with van der Waals surface area (Å²) in [6.45, 7) is 0.462. The first kappa shape index (κ1) is 17.6. The zero-order chi connectivity index (χ0) is 18.2. The highest BCUT2D eigenvalue weighted by atomic mass is 32.1. The minimum absolute atomic E-state index is 0.136. The van der Waals surface area contributed by atoms with Gasteiger partial charge in [-0.1, -0.05) is 42.5 Å². The van der Waals surface area contributed by atoms with Crippen molar-refractivity contribution >= 4 is 28.6 Å². The second kappa shape index (κ2) is 8.77. The Kier molecular flexibility index (Phi) is 5.95. The molecule has 26 heavy (non-hydrogen) atoms. The van der Waals surface area contributed by atoms with Crippen LogP contribution >= 0.6 is 11.3 Å². The number of nitrogens with one attached hydrogen (secondary N) is 1. The molecule has 0 atom stereocenters. The van der Waals surface area contributed by atoms with E-state index in [1.165, 1.54) is 11.3 Å². The normalized spacial score (nSPS) is 10.8. The molecule has 3 rings (SSSR count). The van der Waals surface area contributed by atoms with Gasteiger partial charge in [-0.3, -0.25) is 4.79 Å². The maximum atomic E-state index is 11.9. The van der Waals surface area contributed by atoms with Gasteiger partial charge >= 0.3 is 0 Å². The van der Waals surface area contributed by atoms with Gasteiger partial charge in [0, 0.05) is 10.9 Å². The van der Waals surface area contributed by atoms with E-state index >= 15 is 0 Å². The zero-order valence-corrected chi connectivity index (χ0v) is 14.8. The van der Waals surface area contributed by atoms with Crippen molar-refractivity contribution in [2.75, 3.05) is 5.73 Å². The Hall–Kier alpha value is -3.19. The van der Waals surface area contributed by atoms with E-state index in [1.54, 1.807) is 11.6 Å². The quantitative estimate of drug-likeness (QED) is 0.497. The first-order valence-corrected chi connectivity index (χ1v) is 8.86. The van der Waals surface area contributed by atoms with Crippen LogP contribution in [0.25, 0.3) is 0 Å². The predicted molar refractivity (Wildman–Crippen MR) is 103 cm³/mol. The Morgan fingerprint density at radius 1 is 1.19 bits per heavy atom. The fourth-order valence-corrected chi connectivity index (χ4v) is 2.80. The number of benzene rings is 2. The van der Waals surface area contributed by atoms with Crippen molar-refractivity contribution < 1.29 is 9.53 Å². The molecule has 0 aliphatic carbocycles. The average Bonchev–Trinajstić information content (AvgIpc) is 3.06. The number of hydrogen-bond donors (Lipinski definition) is 2. The number of para-hydroxylation sites is 1. The third-order valence-corrected chi connectivity index (χ3v) is 4.18. The molecule has 6 nitrogen and oxygen atoms in total. The number of ether oxygens (including phenoxy) is 1. The number of rotatable bonds is 7. The van der Waals surface area contributed by atoms with Gasteiger partial charge in [-0.05, 0) is 17.7 Å². The number of hydrogen-bond acceptors (Lipinski definition) is 6. The lowest BCUT2D eigenvalue weighted by atomic mass is 10.2. The van der Waals surface area contributed by atoms with Gasteiger partial charge in [-0.2, -0.15) is 5.10 Å². The van der Waals surface area contributed by atoms with Gasteiger partial charge in [0.1, 0.15) is 12.4 Å². The van der Waals surface area contributed by atoms with Crippen LogP contribution in [-0.4, -0.2) is 17.1 Å². The van der Waals surface area contributed by atoms with Crippen molar-refractivity contribution in [3.63, 3.8) is 0 Å². The first-order chi connectivity index (χ1) is 12.7. The van der Waals surface area contributed by atoms with Crippen LogP contribution in [-0.2, 0) is 17.8 Å². The van der Waals surface area contributed by atoms with Gasteiger partial charge in [0.05, 0.1) is 18.3 Å². The molecule has 3 N–H and O–H groups in total. The number of nitrogens with two attached hydrogens (primary N) is 1. The van der Waals surface area contributed by atoms with Gasteiger partial charge in [-0.15, -0.1) is 11.3 Å². The third kappa shape index (κ3) is 5.15. The highest BCUT2D eigenvalue weighted by molar-refractivity contribution is 7.13. The molecule has 0 radical (unpaired) electrons. The summed E-state index contributed by atoms with van der Waals surface area (Å²) >= 11 is 1.30. The molecule has 0 fully saturated rings. The Bertz CT molecular complexity index is 893. The van der Waals surface area contributed by atoms with E-state index in [-0.39, 0.29) is 12.3 Å². The summed E-state index contributed by atoms with van der Waals surface area (Å²) in [4.78, 5) is 15.9. The molecule has 0 bridgehead atoms. The van der Waals surface area contributed by atoms with Gasteiger partial charge < -0.3 is 10.5 Å². The van der Waals surface area contributed by atoms with Crippen LogP contribution in [0.2, 0.25) is 0 Å². The molecule has 132 valence electrons. The molecule has 1 heterocycles. The molecule has 0 spiro atoms. The smallest absolute Gasteiger partial charge is 0.246 e. The SMILES string of the molecule is Nc1nc(CC(=O)N/N=C/c2ccccc2OCc2ccccc2)cs1. The summed E-state index contributed by atoms with van der Waals surface area (Å²) in [5, 5.41) is 6.20. The summed E-state index contributed by atoms with van der Waals surface area (Å²) in [6, 6.07) is 17.4. The average molecular weight is 366 g/mol. The van der Waals surface area contributed by atoms with Gasteiger partial charge in [0.15, 0.2) is 5.13 Å². The van der Waals surface area contributed by atoms with Gasteiger partial charge in [0.25, 0.3) is 0 Å². The Morgan fingerprint density at radius 2 is 1.96 bits per heavy atom. The molecule has 1 amide bonds. The third-order valence-electron chi connectivity index (χ3n) is 3.46. The number of nitrogen functional groups attached to an aromatic ring is 1. The standard InChI is InChI=1S/C19H18N4O2S/c20-19-22-16(13-26-19)10-18(24)23-21-11-15-8-4-5-9-17(15)25-12-14-6-2-1-3-7-14/h1-9,11,13H,10,12H2,(H2,20,22)(H,23,24)/b21-11+. The zero-order valence-electron chi connectivity index (χ0n) is 14.0. The number of carbonyl (C=O) groups is 1. The van der Waals surface area contributed by atoms with Crippen LogP contribution < -0.4 is 15.9 Å². The van der Waals surface area contributed by atoms with E-state index < -0.39 is 0 Å². The first-order valence-electron chi connectivity index (χ1n) is 7.98. The maximum Gasteiger partial charge on any atom is 0.246 e. The molecule has 2 aromatic carbocycles. The Balaban J connectivity index is 1.57. The predicted octanol–water partition coefficient (Wildman–Crippen LogP) is 3.00. The van der Waals surface area contributed by atoms with Gasteiger partial charge in [0.2, 0.25) is 5.91 Å². The minimum Gasteiger partial charge on any atom is -0.488 e. The molecule has 7 heteroatoms. The number of amides is 1. The molecule has 0 aliphatic rings. The lowest BCUT2D eigenvalue weighted by Gasteiger charge is -2.08. The monoisotopic (exact) mass is 366 g/mol. The molecular formula is C19H18N4O2S. The summed E-state index contributed by atoms with van der Waals surface area (Å²) < 4.78 is 5.85. The molecule has 1 aromatic heterocycles. The van der Waals surface area contributed by atoms with Crippen molar-refractivity contribution in [2.24, 2.45) is 5.10 Å². The van der Waals surface area contributed by atoms with E-state index in [4.69, 9.17) is 10.5 Å². The van der Waals surface area contributed by atoms with E-state index in [9.17, 15) is 4.79 Å². The maximum absolute atomic E-state index is 11.9. The van der Waals surface area contributed by atoms with Gasteiger partial charge in [-0.25, -0.2) is 10.4 Å². The molecule has 0 saturated heterocycles. The Labute approximate surface area is 155 Å². The minimum atomic E-state index is -0.255. The van der Waals surface area contributed by atoms with Crippen LogP contribution in [0.3, 0.4) is 0 Å². The number of thiazole rings is 1. The lowest BCUT2D eigenvalue weighted by molar-refractivity contribution is -0.120. The number of anilines is 1. The van der Waals surface area contributed by atoms with Crippen molar-refractivity contribution in [3.8, 4) is 5.75 Å². The summed E-state index contributed by atoms with van der Waals surface area (Å²) in [7, 11) is 0. The molecule has 0 saturated carbocycles. The van der Waals surface area contributed by atoms with E-state index in [0.717, 1.165) is 11.1 Å². The van der Waals surface area contributed by atoms with Crippen LogP contribution in [0.4, 0.5) is 5.13 Å². The topological polar surface area (TPSA) is 89.6 Å². The van der Waals surface area contributed by atoms with E-state index in [0.29, 0.717) is 23.2 Å². The number of carbonyl (C=O) groups excluding carboxylic acids is 1. The highest BCUT2D eigenvalue weighted by Crippen LogP contribution is 2.17. The van der Waals surface area contributed by atoms with Crippen molar-refractivity contribution in [1.29, 1.82) is 0 Å². The summed E-state index contributed by atoms with van der Waals surface area (Å²) in [6.07, 6.45) is 1.70. The lowest BCUT2D eigenvalue weighted by Crippen LogP contribution is -2.20. The fraction of sp³-hybridized carbons (Fsp3) is 0.105. The van der Waals surface area contributed by atoms with Crippen molar-refractivity contribution in [3.05, 3.63) is 76.8 Å². The number of hydrazone groups is 1.